The smallest absolute Gasteiger partial charge is 0.170 e. The predicted molar refractivity (Wildman–Crippen MR) is 45.8 cm³/mol. The van der Waals surface area contributed by atoms with Crippen LogP contribution in [-0.2, 0) is 0 Å². The molecule has 0 amide bonds. The van der Waals surface area contributed by atoms with Gasteiger partial charge in [-0.3, -0.25) is 4.98 Å². The van der Waals surface area contributed by atoms with Gasteiger partial charge in [-0.2, -0.15) is 5.26 Å². The number of pyridine rings is 1. The molecule has 4 nitrogen and oxygen atoms in total. The fraction of sp³-hybridized carbons (Fsp3) is 0.250. The Bertz CT molecular complexity index is 337. The van der Waals surface area contributed by atoms with Crippen molar-refractivity contribution in [3.8, 4) is 6.07 Å². The largest absolute Gasteiger partial charge is 0.384 e. The summed E-state index contributed by atoms with van der Waals surface area (Å²) in [5, 5.41) is 27.0. The highest BCUT2D eigenvalue weighted by atomic mass is 35.5. The second kappa shape index (κ2) is 4.19. The summed E-state index contributed by atoms with van der Waals surface area (Å²) in [6.45, 7) is 0. The lowest BCUT2D eigenvalue weighted by Gasteiger charge is -2.12. The average molecular weight is 199 g/mol. The van der Waals surface area contributed by atoms with Gasteiger partial charge in [-0.15, -0.1) is 0 Å². The molecule has 0 fully saturated rings. The molecule has 0 aliphatic rings. The van der Waals surface area contributed by atoms with Gasteiger partial charge in [0, 0.05) is 18.0 Å². The molecule has 2 N–H and O–H groups in total. The maximum absolute atomic E-state index is 9.39. The van der Waals surface area contributed by atoms with Gasteiger partial charge in [-0.25, -0.2) is 0 Å². The third-order valence-corrected chi connectivity index (χ3v) is 1.87. The number of halogens is 1. The van der Waals surface area contributed by atoms with Crippen molar-refractivity contribution in [3.63, 3.8) is 0 Å². The van der Waals surface area contributed by atoms with E-state index in [1.54, 1.807) is 0 Å². The zero-order chi connectivity index (χ0) is 9.84. The first-order valence-electron chi connectivity index (χ1n) is 3.52. The molecule has 0 aliphatic heterocycles. The lowest BCUT2D eigenvalue weighted by Crippen LogP contribution is -2.16. The maximum Gasteiger partial charge on any atom is 0.170 e. The van der Waals surface area contributed by atoms with Gasteiger partial charge in [0.2, 0.25) is 0 Å². The Morgan fingerprint density at radius 3 is 2.77 bits per heavy atom. The van der Waals surface area contributed by atoms with E-state index >= 15 is 0 Å². The first kappa shape index (κ1) is 9.93. The van der Waals surface area contributed by atoms with Crippen LogP contribution >= 0.6 is 11.6 Å². The van der Waals surface area contributed by atoms with Crippen molar-refractivity contribution in [2.24, 2.45) is 0 Å². The lowest BCUT2D eigenvalue weighted by atomic mass is 10.1. The molecular weight excluding hydrogens is 192 g/mol. The summed E-state index contributed by atoms with van der Waals surface area (Å²) < 4.78 is 0. The van der Waals surface area contributed by atoms with Crippen molar-refractivity contribution in [2.45, 2.75) is 12.2 Å². The normalized spacial score (nSPS) is 14.6. The van der Waals surface area contributed by atoms with E-state index < -0.39 is 12.2 Å². The van der Waals surface area contributed by atoms with Crippen LogP contribution in [0, 0.1) is 11.3 Å². The number of nitriles is 1. The Hall–Kier alpha value is -1.15. The molecule has 1 rings (SSSR count). The van der Waals surface area contributed by atoms with Gasteiger partial charge in [-0.05, 0) is 6.07 Å². The van der Waals surface area contributed by atoms with Crippen LogP contribution in [0.5, 0.6) is 0 Å². The minimum absolute atomic E-state index is 0.226. The van der Waals surface area contributed by atoms with E-state index in [0.29, 0.717) is 5.56 Å². The Morgan fingerprint density at radius 1 is 1.54 bits per heavy atom. The summed E-state index contributed by atoms with van der Waals surface area (Å²) in [4.78, 5) is 3.70. The maximum atomic E-state index is 9.39. The third-order valence-electron chi connectivity index (χ3n) is 1.55. The minimum atomic E-state index is -1.47. The predicted octanol–water partition coefficient (Wildman–Crippen LogP) is 0.653. The molecule has 0 bridgehead atoms. The second-order valence-electron chi connectivity index (χ2n) is 2.42. The van der Waals surface area contributed by atoms with Crippen molar-refractivity contribution < 1.29 is 10.2 Å². The first-order valence-corrected chi connectivity index (χ1v) is 3.89. The summed E-state index contributed by atoms with van der Waals surface area (Å²) in [7, 11) is 0. The molecule has 2 atom stereocenters. The van der Waals surface area contributed by atoms with Crippen LogP contribution < -0.4 is 0 Å². The molecule has 68 valence electrons. The number of aromatic nitrogens is 1. The number of hydrogen-bond acceptors (Lipinski definition) is 4. The van der Waals surface area contributed by atoms with Gasteiger partial charge in [0.05, 0.1) is 11.1 Å². The van der Waals surface area contributed by atoms with Crippen LogP contribution in [0.2, 0.25) is 5.02 Å². The molecule has 1 aromatic heterocycles. The van der Waals surface area contributed by atoms with Crippen molar-refractivity contribution in [2.75, 3.05) is 0 Å². The molecule has 1 heterocycles. The van der Waals surface area contributed by atoms with Gasteiger partial charge >= 0.3 is 0 Å². The van der Waals surface area contributed by atoms with Crippen LogP contribution in [0.1, 0.15) is 11.7 Å². The number of rotatable bonds is 2. The van der Waals surface area contributed by atoms with Gasteiger partial charge in [0.25, 0.3) is 0 Å². The average Bonchev–Trinajstić information content (AvgIpc) is 2.16. The van der Waals surface area contributed by atoms with Crippen LogP contribution in [0.3, 0.4) is 0 Å². The van der Waals surface area contributed by atoms with E-state index in [-0.39, 0.29) is 5.02 Å². The van der Waals surface area contributed by atoms with Gasteiger partial charge in [0.15, 0.2) is 6.10 Å². The second-order valence-corrected chi connectivity index (χ2v) is 2.82. The summed E-state index contributed by atoms with van der Waals surface area (Å²) in [5.41, 5.74) is 0.297. The van der Waals surface area contributed by atoms with Crippen LogP contribution in [-0.4, -0.2) is 21.3 Å². The van der Waals surface area contributed by atoms with Crippen molar-refractivity contribution >= 4 is 11.6 Å². The topological polar surface area (TPSA) is 77.1 Å². The fourth-order valence-electron chi connectivity index (χ4n) is 0.866. The molecule has 13 heavy (non-hydrogen) atoms. The number of aliphatic hydroxyl groups is 2. The van der Waals surface area contributed by atoms with E-state index in [1.807, 2.05) is 0 Å². The van der Waals surface area contributed by atoms with Crippen LogP contribution in [0.4, 0.5) is 0 Å². The highest BCUT2D eigenvalue weighted by Gasteiger charge is 2.19. The summed E-state index contributed by atoms with van der Waals surface area (Å²) in [5.74, 6) is 0. The van der Waals surface area contributed by atoms with E-state index in [2.05, 4.69) is 4.98 Å². The molecule has 0 saturated heterocycles. The van der Waals surface area contributed by atoms with Crippen LogP contribution in [0.15, 0.2) is 18.5 Å². The molecule has 0 radical (unpaired) electrons. The van der Waals surface area contributed by atoms with Gasteiger partial charge < -0.3 is 10.2 Å². The molecule has 1 aromatic rings. The van der Waals surface area contributed by atoms with Crippen molar-refractivity contribution in [3.05, 3.63) is 29.0 Å². The molecule has 0 aliphatic carbocycles. The Kier molecular flexibility index (Phi) is 3.20. The Morgan fingerprint density at radius 2 is 2.23 bits per heavy atom. The van der Waals surface area contributed by atoms with E-state index in [1.165, 1.54) is 24.5 Å². The highest BCUT2D eigenvalue weighted by molar-refractivity contribution is 6.31. The number of hydrogen-bond donors (Lipinski definition) is 2. The van der Waals surface area contributed by atoms with E-state index in [0.717, 1.165) is 0 Å². The number of aliphatic hydroxyl groups excluding tert-OH is 2. The van der Waals surface area contributed by atoms with Crippen LogP contribution in [0.25, 0.3) is 0 Å². The standard InChI is InChI=1S/C8H7ClN2O2/c9-6-4-11-2-1-5(6)8(13)7(12)3-10/h1-2,4,7-8,12-13H. The fourth-order valence-corrected chi connectivity index (χ4v) is 1.10. The van der Waals surface area contributed by atoms with E-state index in [4.69, 9.17) is 22.0 Å². The third kappa shape index (κ3) is 2.16. The van der Waals surface area contributed by atoms with E-state index in [9.17, 15) is 5.11 Å². The monoisotopic (exact) mass is 198 g/mol. The molecule has 0 spiro atoms. The van der Waals surface area contributed by atoms with Crippen molar-refractivity contribution in [1.82, 2.24) is 4.98 Å². The zero-order valence-electron chi connectivity index (χ0n) is 6.55. The first-order chi connectivity index (χ1) is 6.16. The number of nitrogens with zero attached hydrogens (tertiary/aromatic N) is 2. The summed E-state index contributed by atoms with van der Waals surface area (Å²) in [6.07, 6.45) is -0.000889. The Balaban J connectivity index is 2.96. The van der Waals surface area contributed by atoms with Gasteiger partial charge in [-0.1, -0.05) is 11.6 Å². The molecule has 0 saturated carbocycles. The highest BCUT2D eigenvalue weighted by Crippen LogP contribution is 2.23. The minimum Gasteiger partial charge on any atom is -0.384 e. The SMILES string of the molecule is N#CC(O)C(O)c1ccncc1Cl. The lowest BCUT2D eigenvalue weighted by molar-refractivity contribution is 0.0528. The quantitative estimate of drug-likeness (QED) is 0.685. The molecule has 2 unspecified atom stereocenters. The summed E-state index contributed by atoms with van der Waals surface area (Å²) >= 11 is 5.68. The molecule has 0 aromatic carbocycles. The zero-order valence-corrected chi connectivity index (χ0v) is 7.31. The Labute approximate surface area is 80.0 Å². The van der Waals surface area contributed by atoms with Crippen molar-refractivity contribution in [1.29, 1.82) is 5.26 Å². The summed E-state index contributed by atoms with van der Waals surface area (Å²) in [6, 6.07) is 2.97. The molecule has 5 heteroatoms. The van der Waals surface area contributed by atoms with Gasteiger partial charge in [0.1, 0.15) is 6.10 Å². The molecular formula is C8H7ClN2O2.